The highest BCUT2D eigenvalue weighted by Gasteiger charge is 2.30. The van der Waals surface area contributed by atoms with Gasteiger partial charge >= 0.3 is 0 Å². The van der Waals surface area contributed by atoms with Gasteiger partial charge in [-0.1, -0.05) is 0 Å². The number of aryl methyl sites for hydroxylation is 2. The summed E-state index contributed by atoms with van der Waals surface area (Å²) < 4.78 is 10.2. The molecule has 1 N–H and O–H groups in total. The van der Waals surface area contributed by atoms with Gasteiger partial charge in [0.15, 0.2) is 0 Å². The van der Waals surface area contributed by atoms with E-state index in [9.17, 15) is 0 Å². The summed E-state index contributed by atoms with van der Waals surface area (Å²) in [4.78, 5) is 4.50. The van der Waals surface area contributed by atoms with E-state index in [2.05, 4.69) is 45.1 Å². The van der Waals surface area contributed by atoms with Gasteiger partial charge < -0.3 is 14.6 Å². The maximum Gasteiger partial charge on any atom is 0.138 e. The summed E-state index contributed by atoms with van der Waals surface area (Å²) in [5, 5.41) is 9.20. The second-order valence-electron chi connectivity index (χ2n) is 6.70. The van der Waals surface area contributed by atoms with Crippen LogP contribution in [0.5, 0.6) is 0 Å². The highest BCUT2D eigenvalue weighted by Crippen LogP contribution is 2.33. The summed E-state index contributed by atoms with van der Waals surface area (Å²) in [5.41, 5.74) is 2.31. The number of imidazole rings is 1. The fourth-order valence-electron chi connectivity index (χ4n) is 3.67. The van der Waals surface area contributed by atoms with E-state index in [4.69, 9.17) is 4.74 Å². The summed E-state index contributed by atoms with van der Waals surface area (Å²) in [6.07, 6.45) is 8.07. The Hall–Kier alpha value is -2.34. The standard InChI is InChI=1S/C19H25N5O/c1-3-24-17-11-16(7-6-14(17)13-22-24)21-12-15-5-4-10-25-18(15)19-20-8-9-23(19)2/h6-9,11,13,15,18,21H,3-5,10,12H2,1-2H3/t15-,18+/m0/s1. The largest absolute Gasteiger partial charge is 0.385 e. The van der Waals surface area contributed by atoms with Crippen LogP contribution in [0.1, 0.15) is 31.7 Å². The van der Waals surface area contributed by atoms with Crippen molar-refractivity contribution in [2.75, 3.05) is 18.5 Å². The van der Waals surface area contributed by atoms with Crippen LogP contribution in [0.4, 0.5) is 5.69 Å². The molecular formula is C19H25N5O. The Bertz CT molecular complexity index is 852. The molecule has 0 saturated carbocycles. The Kier molecular flexibility index (Phi) is 4.44. The molecule has 1 aliphatic heterocycles. The van der Waals surface area contributed by atoms with Crippen LogP contribution in [0.25, 0.3) is 10.9 Å². The SMILES string of the molecule is CCn1ncc2ccc(NC[C@@H]3CCCO[C@H]3c3nccn3C)cc21. The number of hydrogen-bond donors (Lipinski definition) is 1. The van der Waals surface area contributed by atoms with E-state index >= 15 is 0 Å². The number of aromatic nitrogens is 4. The number of fused-ring (bicyclic) bond motifs is 1. The molecular weight excluding hydrogens is 314 g/mol. The third-order valence-corrected chi connectivity index (χ3v) is 5.07. The highest BCUT2D eigenvalue weighted by atomic mass is 16.5. The first-order chi connectivity index (χ1) is 12.3. The molecule has 1 aromatic carbocycles. The van der Waals surface area contributed by atoms with Gasteiger partial charge in [0, 0.05) is 56.1 Å². The van der Waals surface area contributed by atoms with Gasteiger partial charge in [-0.25, -0.2) is 4.98 Å². The van der Waals surface area contributed by atoms with Gasteiger partial charge in [-0.3, -0.25) is 4.68 Å². The molecule has 6 nitrogen and oxygen atoms in total. The van der Waals surface area contributed by atoms with Crippen molar-refractivity contribution in [3.8, 4) is 0 Å². The first-order valence-corrected chi connectivity index (χ1v) is 9.04. The van der Waals surface area contributed by atoms with Crippen LogP contribution in [-0.4, -0.2) is 32.5 Å². The number of benzene rings is 1. The zero-order chi connectivity index (χ0) is 17.2. The predicted molar refractivity (Wildman–Crippen MR) is 98.5 cm³/mol. The quantitative estimate of drug-likeness (QED) is 0.774. The van der Waals surface area contributed by atoms with Crippen LogP contribution in [0.3, 0.4) is 0 Å². The van der Waals surface area contributed by atoms with E-state index in [1.54, 1.807) is 0 Å². The Labute approximate surface area is 147 Å². The molecule has 0 bridgehead atoms. The summed E-state index contributed by atoms with van der Waals surface area (Å²) in [5.74, 6) is 1.44. The lowest BCUT2D eigenvalue weighted by atomic mass is 9.93. The lowest BCUT2D eigenvalue weighted by molar-refractivity contribution is -0.0304. The van der Waals surface area contributed by atoms with Crippen molar-refractivity contribution < 1.29 is 4.74 Å². The van der Waals surface area contributed by atoms with Crippen LogP contribution in [0.15, 0.2) is 36.8 Å². The molecule has 2 aromatic heterocycles. The topological polar surface area (TPSA) is 56.9 Å². The minimum absolute atomic E-state index is 0.0613. The van der Waals surface area contributed by atoms with E-state index in [-0.39, 0.29) is 6.10 Å². The molecule has 0 aliphatic carbocycles. The molecule has 3 heterocycles. The number of hydrogen-bond acceptors (Lipinski definition) is 4. The Morgan fingerprint density at radius 1 is 1.36 bits per heavy atom. The van der Waals surface area contributed by atoms with Gasteiger partial charge in [-0.15, -0.1) is 0 Å². The summed E-state index contributed by atoms with van der Waals surface area (Å²) in [6.45, 7) is 4.69. The van der Waals surface area contributed by atoms with Crippen LogP contribution in [0.2, 0.25) is 0 Å². The zero-order valence-electron chi connectivity index (χ0n) is 14.9. The molecule has 1 saturated heterocycles. The average molecular weight is 339 g/mol. The van der Waals surface area contributed by atoms with E-state index in [0.29, 0.717) is 5.92 Å². The number of nitrogens with zero attached hydrogens (tertiary/aromatic N) is 4. The monoisotopic (exact) mass is 339 g/mol. The Morgan fingerprint density at radius 2 is 2.28 bits per heavy atom. The predicted octanol–water partition coefficient (Wildman–Crippen LogP) is 3.37. The second kappa shape index (κ2) is 6.88. The second-order valence-corrected chi connectivity index (χ2v) is 6.70. The molecule has 6 heteroatoms. The van der Waals surface area contributed by atoms with Crippen LogP contribution < -0.4 is 5.32 Å². The third kappa shape index (κ3) is 3.14. The van der Waals surface area contributed by atoms with E-state index in [0.717, 1.165) is 44.0 Å². The van der Waals surface area contributed by atoms with Crippen molar-refractivity contribution in [3.63, 3.8) is 0 Å². The molecule has 0 radical (unpaired) electrons. The van der Waals surface area contributed by atoms with Gasteiger partial charge in [0.05, 0.1) is 11.7 Å². The van der Waals surface area contributed by atoms with Crippen LogP contribution in [-0.2, 0) is 18.3 Å². The normalized spacial score (nSPS) is 20.9. The molecule has 132 valence electrons. The van der Waals surface area contributed by atoms with E-state index in [1.165, 1.54) is 10.9 Å². The van der Waals surface area contributed by atoms with Crippen molar-refractivity contribution in [1.82, 2.24) is 19.3 Å². The average Bonchev–Trinajstić information content (AvgIpc) is 3.25. The minimum atomic E-state index is 0.0613. The lowest BCUT2D eigenvalue weighted by Gasteiger charge is -2.31. The Balaban J connectivity index is 1.50. The van der Waals surface area contributed by atoms with Gasteiger partial charge in [0.1, 0.15) is 11.9 Å². The van der Waals surface area contributed by atoms with E-state index in [1.807, 2.05) is 30.3 Å². The van der Waals surface area contributed by atoms with Gasteiger partial charge in [0.25, 0.3) is 0 Å². The van der Waals surface area contributed by atoms with Gasteiger partial charge in [0.2, 0.25) is 0 Å². The molecule has 0 spiro atoms. The van der Waals surface area contributed by atoms with Crippen molar-refractivity contribution >= 4 is 16.6 Å². The van der Waals surface area contributed by atoms with Crippen molar-refractivity contribution in [2.45, 2.75) is 32.4 Å². The molecule has 1 aliphatic rings. The van der Waals surface area contributed by atoms with Crippen LogP contribution >= 0.6 is 0 Å². The number of anilines is 1. The number of ether oxygens (including phenoxy) is 1. The summed E-state index contributed by atoms with van der Waals surface area (Å²) in [6, 6.07) is 6.44. The first kappa shape index (κ1) is 16.1. The number of rotatable bonds is 5. The highest BCUT2D eigenvalue weighted by molar-refractivity contribution is 5.82. The van der Waals surface area contributed by atoms with Gasteiger partial charge in [-0.05, 0) is 38.0 Å². The summed E-state index contributed by atoms with van der Waals surface area (Å²) in [7, 11) is 2.03. The maximum absolute atomic E-state index is 6.06. The van der Waals surface area contributed by atoms with Crippen molar-refractivity contribution in [2.24, 2.45) is 13.0 Å². The third-order valence-electron chi connectivity index (χ3n) is 5.07. The number of nitrogens with one attached hydrogen (secondary N) is 1. The molecule has 4 rings (SSSR count). The molecule has 25 heavy (non-hydrogen) atoms. The zero-order valence-corrected chi connectivity index (χ0v) is 14.9. The molecule has 0 unspecified atom stereocenters. The van der Waals surface area contributed by atoms with Gasteiger partial charge in [-0.2, -0.15) is 5.10 Å². The maximum atomic E-state index is 6.06. The molecule has 3 aromatic rings. The van der Waals surface area contributed by atoms with Crippen molar-refractivity contribution in [1.29, 1.82) is 0 Å². The molecule has 0 amide bonds. The van der Waals surface area contributed by atoms with Crippen molar-refractivity contribution in [3.05, 3.63) is 42.6 Å². The minimum Gasteiger partial charge on any atom is -0.385 e. The fraction of sp³-hybridized carbons (Fsp3) is 0.474. The Morgan fingerprint density at radius 3 is 3.08 bits per heavy atom. The summed E-state index contributed by atoms with van der Waals surface area (Å²) >= 11 is 0. The van der Waals surface area contributed by atoms with E-state index < -0.39 is 0 Å². The molecule has 2 atom stereocenters. The fourth-order valence-corrected chi connectivity index (χ4v) is 3.67. The molecule has 1 fully saturated rings. The lowest BCUT2D eigenvalue weighted by Crippen LogP contribution is -2.30. The smallest absolute Gasteiger partial charge is 0.138 e. The first-order valence-electron chi connectivity index (χ1n) is 9.04. The van der Waals surface area contributed by atoms with Crippen LogP contribution in [0, 0.1) is 5.92 Å².